The van der Waals surface area contributed by atoms with Gasteiger partial charge in [-0.25, -0.2) is 0 Å². The third kappa shape index (κ3) is 47.0. The Bertz CT molecular complexity index is 1470. The molecule has 1 amide bonds. The lowest BCUT2D eigenvalue weighted by molar-refractivity contribution is -0.302. The van der Waals surface area contributed by atoms with Gasteiger partial charge in [0, 0.05) is 12.8 Å². The molecule has 1 heterocycles. The Balaban J connectivity index is 1.94. The van der Waals surface area contributed by atoms with E-state index in [1.807, 2.05) is 6.08 Å². The van der Waals surface area contributed by atoms with Crippen molar-refractivity contribution in [2.45, 2.75) is 358 Å². The maximum absolute atomic E-state index is 13.0. The van der Waals surface area contributed by atoms with Gasteiger partial charge in [-0.15, -0.1) is 0 Å². The standard InChI is InChI=1S/C69H127NO10/c1-3-5-7-9-11-13-14-15-16-31-34-37-41-45-49-53-57-65(74)78-58-54-50-46-42-38-35-32-29-27-25-23-21-19-17-18-20-22-24-26-28-30-33-36-40-44-48-52-56-64(73)70-61(62(72)55-51-47-43-39-12-10-8-6-4-2)60-79-69-68(77)67(76)66(75)63(59-71)80-69/h13-14,16-18,31,51,55,61-63,66-69,71-72,75-77H,3-12,15,19-30,32-50,52-54,56-60H2,1-2H3,(H,70,73)/b14-13-,18-17-,31-16-,55-51+. The average Bonchev–Trinajstić information content (AvgIpc) is 3.50. The van der Waals surface area contributed by atoms with Crippen molar-refractivity contribution in [3.8, 4) is 0 Å². The number of hydrogen-bond acceptors (Lipinski definition) is 10. The summed E-state index contributed by atoms with van der Waals surface area (Å²) in [6, 6.07) is -0.810. The number of allylic oxidation sites excluding steroid dienone is 7. The third-order valence-electron chi connectivity index (χ3n) is 15.9. The monoisotopic (exact) mass is 1130 g/mol. The number of nitrogens with one attached hydrogen (secondary N) is 1. The van der Waals surface area contributed by atoms with E-state index in [4.69, 9.17) is 14.2 Å². The van der Waals surface area contributed by atoms with Crippen LogP contribution in [0.4, 0.5) is 0 Å². The van der Waals surface area contributed by atoms with E-state index >= 15 is 0 Å². The van der Waals surface area contributed by atoms with Gasteiger partial charge in [-0.2, -0.15) is 0 Å². The zero-order chi connectivity index (χ0) is 58.0. The topological polar surface area (TPSA) is 175 Å². The smallest absolute Gasteiger partial charge is 0.305 e. The zero-order valence-corrected chi connectivity index (χ0v) is 51.8. The van der Waals surface area contributed by atoms with Gasteiger partial charge >= 0.3 is 5.97 Å². The first-order chi connectivity index (χ1) is 39.2. The van der Waals surface area contributed by atoms with Gasteiger partial charge in [-0.3, -0.25) is 9.59 Å². The van der Waals surface area contributed by atoms with E-state index in [2.05, 4.69) is 55.6 Å². The van der Waals surface area contributed by atoms with Gasteiger partial charge in [0.15, 0.2) is 6.29 Å². The largest absolute Gasteiger partial charge is 0.466 e. The van der Waals surface area contributed by atoms with Crippen LogP contribution >= 0.6 is 0 Å². The van der Waals surface area contributed by atoms with Crippen LogP contribution in [0, 0.1) is 0 Å². The van der Waals surface area contributed by atoms with Crippen molar-refractivity contribution in [1.29, 1.82) is 0 Å². The Morgan fingerprint density at radius 2 is 0.838 bits per heavy atom. The van der Waals surface area contributed by atoms with Crippen molar-refractivity contribution in [3.05, 3.63) is 48.6 Å². The molecule has 7 atom stereocenters. The molecule has 1 saturated heterocycles. The number of unbranched alkanes of at least 4 members (excludes halogenated alkanes) is 39. The summed E-state index contributed by atoms with van der Waals surface area (Å²) in [6.45, 7) is 4.31. The molecule has 1 aliphatic rings. The summed E-state index contributed by atoms with van der Waals surface area (Å²) in [6.07, 6.45) is 65.3. The molecule has 0 radical (unpaired) electrons. The lowest BCUT2D eigenvalue weighted by Crippen LogP contribution is -2.60. The summed E-state index contributed by atoms with van der Waals surface area (Å²) in [7, 11) is 0. The van der Waals surface area contributed by atoms with Gasteiger partial charge in [0.05, 0.1) is 32.0 Å². The van der Waals surface area contributed by atoms with Crippen LogP contribution in [0.5, 0.6) is 0 Å². The molecule has 0 aliphatic carbocycles. The minimum absolute atomic E-state index is 0.00815. The number of aliphatic hydroxyl groups is 5. The maximum atomic E-state index is 13.0. The van der Waals surface area contributed by atoms with E-state index in [0.717, 1.165) is 64.2 Å². The van der Waals surface area contributed by atoms with Crippen LogP contribution in [0.3, 0.4) is 0 Å². The minimum Gasteiger partial charge on any atom is -0.466 e. The van der Waals surface area contributed by atoms with E-state index < -0.39 is 49.5 Å². The summed E-state index contributed by atoms with van der Waals surface area (Å²) in [5.74, 6) is -0.193. The Morgan fingerprint density at radius 3 is 1.29 bits per heavy atom. The molecule has 1 fully saturated rings. The van der Waals surface area contributed by atoms with Crippen molar-refractivity contribution in [2.24, 2.45) is 0 Å². The highest BCUT2D eigenvalue weighted by Crippen LogP contribution is 2.23. The Morgan fingerprint density at radius 1 is 0.463 bits per heavy atom. The van der Waals surface area contributed by atoms with Gasteiger partial charge in [-0.1, -0.05) is 262 Å². The lowest BCUT2D eigenvalue weighted by atomic mass is 9.99. The van der Waals surface area contributed by atoms with Gasteiger partial charge < -0.3 is 45.1 Å². The number of rotatable bonds is 59. The molecular weight excluding hydrogens is 1000 g/mol. The molecule has 0 spiro atoms. The molecule has 11 heteroatoms. The number of amides is 1. The third-order valence-corrected chi connectivity index (χ3v) is 15.9. The van der Waals surface area contributed by atoms with Crippen molar-refractivity contribution in [2.75, 3.05) is 19.8 Å². The number of carbonyl (C=O) groups excluding carboxylic acids is 2. The summed E-state index contributed by atoms with van der Waals surface area (Å²) in [5.41, 5.74) is 0. The fourth-order valence-corrected chi connectivity index (χ4v) is 10.5. The minimum atomic E-state index is -1.57. The van der Waals surface area contributed by atoms with Gasteiger partial charge in [0.2, 0.25) is 5.91 Å². The summed E-state index contributed by atoms with van der Waals surface area (Å²) in [5, 5.41) is 54.3. The molecule has 0 aromatic carbocycles. The number of ether oxygens (including phenoxy) is 3. The highest BCUT2D eigenvalue weighted by atomic mass is 16.7. The molecule has 80 heavy (non-hydrogen) atoms. The van der Waals surface area contributed by atoms with E-state index in [1.54, 1.807) is 6.08 Å². The first kappa shape index (κ1) is 75.6. The van der Waals surface area contributed by atoms with E-state index in [9.17, 15) is 35.1 Å². The van der Waals surface area contributed by atoms with E-state index in [0.29, 0.717) is 19.4 Å². The van der Waals surface area contributed by atoms with E-state index in [1.165, 1.54) is 225 Å². The Kier molecular flexibility index (Phi) is 55.2. The summed E-state index contributed by atoms with van der Waals surface area (Å²) in [4.78, 5) is 25.1. The van der Waals surface area contributed by atoms with E-state index in [-0.39, 0.29) is 18.5 Å². The van der Waals surface area contributed by atoms with Crippen LogP contribution in [0.15, 0.2) is 48.6 Å². The predicted molar refractivity (Wildman–Crippen MR) is 334 cm³/mol. The summed E-state index contributed by atoms with van der Waals surface area (Å²) >= 11 is 0. The van der Waals surface area contributed by atoms with Crippen molar-refractivity contribution in [1.82, 2.24) is 5.32 Å². The molecule has 1 aliphatic heterocycles. The van der Waals surface area contributed by atoms with Crippen LogP contribution in [0.25, 0.3) is 0 Å². The fraction of sp³-hybridized carbons (Fsp3) is 0.855. The maximum Gasteiger partial charge on any atom is 0.305 e. The van der Waals surface area contributed by atoms with Crippen molar-refractivity contribution >= 4 is 11.9 Å². The molecule has 0 bridgehead atoms. The Hall–Kier alpha value is -2.38. The molecule has 0 aromatic rings. The van der Waals surface area contributed by atoms with Crippen LogP contribution in [-0.4, -0.2) is 100 Å². The molecule has 468 valence electrons. The predicted octanol–water partition coefficient (Wildman–Crippen LogP) is 16.8. The molecule has 11 nitrogen and oxygen atoms in total. The molecule has 1 rings (SSSR count). The molecule has 0 aromatic heterocycles. The first-order valence-corrected chi connectivity index (χ1v) is 33.9. The number of hydrogen-bond donors (Lipinski definition) is 6. The van der Waals surface area contributed by atoms with Crippen LogP contribution in [-0.2, 0) is 23.8 Å². The second-order valence-corrected chi connectivity index (χ2v) is 23.5. The normalized spacial score (nSPS) is 18.6. The SMILES string of the molecule is CCCCCC/C=C\C/C=C\CCCCCCCC(=O)OCCCCCCCCCCCCCC/C=C\CCCCCCCCCCCCCC(=O)NC(COC1OC(CO)C(O)C(O)C1O)C(O)/C=C/CCCCCCCCC. The highest BCUT2D eigenvalue weighted by molar-refractivity contribution is 5.76. The van der Waals surface area contributed by atoms with Crippen LogP contribution < -0.4 is 5.32 Å². The molecular formula is C69H127NO10. The zero-order valence-electron chi connectivity index (χ0n) is 51.8. The van der Waals surface area contributed by atoms with Crippen molar-refractivity contribution < 1.29 is 49.3 Å². The van der Waals surface area contributed by atoms with Crippen LogP contribution in [0.1, 0.15) is 316 Å². The molecule has 7 unspecified atom stereocenters. The quantitative estimate of drug-likeness (QED) is 0.0195. The second-order valence-electron chi connectivity index (χ2n) is 23.5. The molecule has 0 saturated carbocycles. The number of aliphatic hydroxyl groups excluding tert-OH is 5. The fourth-order valence-electron chi connectivity index (χ4n) is 10.5. The van der Waals surface area contributed by atoms with Gasteiger partial charge in [0.1, 0.15) is 24.4 Å². The molecule has 6 N–H and O–H groups in total. The highest BCUT2D eigenvalue weighted by Gasteiger charge is 2.44. The van der Waals surface area contributed by atoms with Gasteiger partial charge in [0.25, 0.3) is 0 Å². The number of esters is 1. The lowest BCUT2D eigenvalue weighted by Gasteiger charge is -2.40. The summed E-state index contributed by atoms with van der Waals surface area (Å²) < 4.78 is 16.7. The second kappa shape index (κ2) is 58.4. The van der Waals surface area contributed by atoms with Crippen molar-refractivity contribution in [3.63, 3.8) is 0 Å². The van der Waals surface area contributed by atoms with Crippen LogP contribution in [0.2, 0.25) is 0 Å². The number of carbonyl (C=O) groups is 2. The van der Waals surface area contributed by atoms with Gasteiger partial charge in [-0.05, 0) is 89.9 Å². The first-order valence-electron chi connectivity index (χ1n) is 33.9. The average molecular weight is 1130 g/mol. The Labute approximate surface area is 491 Å².